The van der Waals surface area contributed by atoms with Crippen LogP contribution >= 0.6 is 23.2 Å². The standard InChI is InChI=1S/C19H18Cl2N2O4/c1-12-2-5-14(6-3-12)22-18(25)11-27-19(26)9-8-17(24)23-16-7-4-13(20)10-15(16)21/h2-7,10H,8-9,11H2,1H3,(H,22,25)(H,23,24). The van der Waals surface area contributed by atoms with Gasteiger partial charge in [0.15, 0.2) is 6.61 Å². The third-order valence-corrected chi connectivity index (χ3v) is 4.01. The summed E-state index contributed by atoms with van der Waals surface area (Å²) in [6.07, 6.45) is -0.258. The SMILES string of the molecule is Cc1ccc(NC(=O)COC(=O)CCC(=O)Nc2ccc(Cl)cc2Cl)cc1. The number of esters is 1. The molecule has 2 aromatic carbocycles. The van der Waals surface area contributed by atoms with E-state index in [0.29, 0.717) is 21.4 Å². The fourth-order valence-electron chi connectivity index (χ4n) is 2.07. The number of carbonyl (C=O) groups excluding carboxylic acids is 3. The normalized spacial score (nSPS) is 10.2. The highest BCUT2D eigenvalue weighted by atomic mass is 35.5. The summed E-state index contributed by atoms with van der Waals surface area (Å²) in [4.78, 5) is 35.3. The maximum atomic E-state index is 11.9. The number of carbonyl (C=O) groups is 3. The summed E-state index contributed by atoms with van der Waals surface area (Å²) in [5.41, 5.74) is 2.08. The molecular formula is C19H18Cl2N2O4. The molecule has 2 N–H and O–H groups in total. The van der Waals surface area contributed by atoms with Gasteiger partial charge in [-0.3, -0.25) is 14.4 Å². The molecule has 2 rings (SSSR count). The Kier molecular flexibility index (Phi) is 7.64. The second-order valence-electron chi connectivity index (χ2n) is 5.75. The van der Waals surface area contributed by atoms with Crippen LogP contribution in [0.4, 0.5) is 11.4 Å². The molecule has 0 aliphatic carbocycles. The van der Waals surface area contributed by atoms with Gasteiger partial charge in [0, 0.05) is 17.1 Å². The Morgan fingerprint density at radius 1 is 0.926 bits per heavy atom. The van der Waals surface area contributed by atoms with Crippen LogP contribution in [0.3, 0.4) is 0 Å². The van der Waals surface area contributed by atoms with Crippen molar-refractivity contribution in [3.63, 3.8) is 0 Å². The summed E-state index contributed by atoms with van der Waals surface area (Å²) >= 11 is 11.7. The highest BCUT2D eigenvalue weighted by molar-refractivity contribution is 6.36. The van der Waals surface area contributed by atoms with Crippen LogP contribution in [0.5, 0.6) is 0 Å². The molecule has 0 aliphatic rings. The average Bonchev–Trinajstić information content (AvgIpc) is 2.62. The summed E-state index contributed by atoms with van der Waals surface area (Å²) < 4.78 is 4.87. The molecule has 0 atom stereocenters. The van der Waals surface area contributed by atoms with Gasteiger partial charge >= 0.3 is 5.97 Å². The second-order valence-corrected chi connectivity index (χ2v) is 6.59. The highest BCUT2D eigenvalue weighted by Gasteiger charge is 2.12. The number of hydrogen-bond donors (Lipinski definition) is 2. The molecule has 0 heterocycles. The minimum atomic E-state index is -0.647. The van der Waals surface area contributed by atoms with Crippen LogP contribution in [-0.2, 0) is 19.1 Å². The molecule has 142 valence electrons. The predicted octanol–water partition coefficient (Wildman–Crippen LogP) is 4.20. The fourth-order valence-corrected chi connectivity index (χ4v) is 2.53. The molecule has 8 heteroatoms. The molecule has 6 nitrogen and oxygen atoms in total. The quantitative estimate of drug-likeness (QED) is 0.672. The number of amides is 2. The van der Waals surface area contributed by atoms with Gasteiger partial charge in [-0.25, -0.2) is 0 Å². The Balaban J connectivity index is 1.69. The summed E-state index contributed by atoms with van der Waals surface area (Å²) in [7, 11) is 0. The van der Waals surface area contributed by atoms with E-state index in [0.717, 1.165) is 5.56 Å². The lowest BCUT2D eigenvalue weighted by atomic mass is 10.2. The molecule has 0 saturated heterocycles. The van der Waals surface area contributed by atoms with Crippen LogP contribution in [0.15, 0.2) is 42.5 Å². The van der Waals surface area contributed by atoms with E-state index in [9.17, 15) is 14.4 Å². The Morgan fingerprint density at radius 2 is 1.63 bits per heavy atom. The molecule has 0 saturated carbocycles. The fraction of sp³-hybridized carbons (Fsp3) is 0.211. The Hall–Kier alpha value is -2.57. The molecule has 2 amide bonds. The van der Waals surface area contributed by atoms with Crippen molar-refractivity contribution in [1.29, 1.82) is 0 Å². The van der Waals surface area contributed by atoms with Crippen LogP contribution in [-0.4, -0.2) is 24.4 Å². The first-order chi connectivity index (χ1) is 12.8. The average molecular weight is 409 g/mol. The first kappa shape index (κ1) is 20.7. The lowest BCUT2D eigenvalue weighted by molar-refractivity contribution is -0.147. The number of benzene rings is 2. The number of hydrogen-bond acceptors (Lipinski definition) is 4. The van der Waals surface area contributed by atoms with E-state index in [1.54, 1.807) is 24.3 Å². The first-order valence-electron chi connectivity index (χ1n) is 8.10. The second kappa shape index (κ2) is 9.94. The van der Waals surface area contributed by atoms with Gasteiger partial charge in [0.2, 0.25) is 5.91 Å². The van der Waals surface area contributed by atoms with Gasteiger partial charge in [-0.05, 0) is 37.3 Å². The molecular weight excluding hydrogens is 391 g/mol. The van der Waals surface area contributed by atoms with Crippen molar-refractivity contribution in [2.24, 2.45) is 0 Å². The van der Waals surface area contributed by atoms with E-state index in [2.05, 4.69) is 10.6 Å². The van der Waals surface area contributed by atoms with Gasteiger partial charge in [-0.1, -0.05) is 40.9 Å². The van der Waals surface area contributed by atoms with Crippen LogP contribution in [0.2, 0.25) is 10.0 Å². The van der Waals surface area contributed by atoms with E-state index in [1.807, 2.05) is 19.1 Å². The summed E-state index contributed by atoms with van der Waals surface area (Å²) in [6, 6.07) is 11.9. The predicted molar refractivity (Wildman–Crippen MR) is 105 cm³/mol. The number of aryl methyl sites for hydroxylation is 1. The van der Waals surface area contributed by atoms with Gasteiger partial charge in [-0.15, -0.1) is 0 Å². The van der Waals surface area contributed by atoms with Crippen LogP contribution in [0.25, 0.3) is 0 Å². The molecule has 0 fully saturated rings. The van der Waals surface area contributed by atoms with Crippen molar-refractivity contribution in [3.8, 4) is 0 Å². The number of rotatable bonds is 7. The molecule has 2 aromatic rings. The lowest BCUT2D eigenvalue weighted by Crippen LogP contribution is -2.21. The van der Waals surface area contributed by atoms with Gasteiger partial charge in [-0.2, -0.15) is 0 Å². The number of halogens is 2. The van der Waals surface area contributed by atoms with Gasteiger partial charge in [0.1, 0.15) is 0 Å². The van der Waals surface area contributed by atoms with E-state index < -0.39 is 24.4 Å². The lowest BCUT2D eigenvalue weighted by Gasteiger charge is -2.08. The number of ether oxygens (including phenoxy) is 1. The topological polar surface area (TPSA) is 84.5 Å². The minimum absolute atomic E-state index is 0.0998. The van der Waals surface area contributed by atoms with Crippen LogP contribution < -0.4 is 10.6 Å². The molecule has 0 aliphatic heterocycles. The van der Waals surface area contributed by atoms with Crippen LogP contribution in [0.1, 0.15) is 18.4 Å². The molecule has 27 heavy (non-hydrogen) atoms. The summed E-state index contributed by atoms with van der Waals surface area (Å²) in [5, 5.41) is 5.94. The first-order valence-corrected chi connectivity index (χ1v) is 8.86. The van der Waals surface area contributed by atoms with Crippen molar-refractivity contribution in [3.05, 3.63) is 58.1 Å². The van der Waals surface area contributed by atoms with Crippen molar-refractivity contribution in [2.75, 3.05) is 17.2 Å². The Labute approximate surface area is 166 Å². The minimum Gasteiger partial charge on any atom is -0.456 e. The largest absolute Gasteiger partial charge is 0.456 e. The van der Waals surface area contributed by atoms with Crippen molar-refractivity contribution < 1.29 is 19.1 Å². The zero-order valence-corrected chi connectivity index (χ0v) is 16.1. The molecule has 0 bridgehead atoms. The summed E-state index contributed by atoms with van der Waals surface area (Å²) in [5.74, 6) is -1.50. The summed E-state index contributed by atoms with van der Waals surface area (Å²) in [6.45, 7) is 1.52. The van der Waals surface area contributed by atoms with E-state index in [1.165, 1.54) is 6.07 Å². The van der Waals surface area contributed by atoms with Crippen molar-refractivity contribution >= 4 is 52.4 Å². The van der Waals surface area contributed by atoms with Gasteiger partial charge in [0.25, 0.3) is 5.91 Å². The van der Waals surface area contributed by atoms with Crippen molar-refractivity contribution in [1.82, 2.24) is 0 Å². The van der Waals surface area contributed by atoms with E-state index in [4.69, 9.17) is 27.9 Å². The smallest absolute Gasteiger partial charge is 0.306 e. The zero-order valence-electron chi connectivity index (χ0n) is 14.6. The zero-order chi connectivity index (χ0) is 19.8. The van der Waals surface area contributed by atoms with Gasteiger partial charge in [0.05, 0.1) is 17.1 Å². The molecule has 0 aromatic heterocycles. The molecule has 0 unspecified atom stereocenters. The maximum absolute atomic E-state index is 11.9. The van der Waals surface area contributed by atoms with Crippen molar-refractivity contribution in [2.45, 2.75) is 19.8 Å². The monoisotopic (exact) mass is 408 g/mol. The van der Waals surface area contributed by atoms with E-state index in [-0.39, 0.29) is 12.8 Å². The Bertz CT molecular complexity index is 838. The van der Waals surface area contributed by atoms with Gasteiger partial charge < -0.3 is 15.4 Å². The van der Waals surface area contributed by atoms with E-state index >= 15 is 0 Å². The molecule has 0 spiro atoms. The third kappa shape index (κ3) is 7.29. The Morgan fingerprint density at radius 3 is 2.30 bits per heavy atom. The third-order valence-electron chi connectivity index (χ3n) is 3.46. The highest BCUT2D eigenvalue weighted by Crippen LogP contribution is 2.25. The molecule has 0 radical (unpaired) electrons. The number of anilines is 2. The number of nitrogens with one attached hydrogen (secondary N) is 2. The maximum Gasteiger partial charge on any atom is 0.306 e. The van der Waals surface area contributed by atoms with Crippen LogP contribution in [0, 0.1) is 6.92 Å².